The lowest BCUT2D eigenvalue weighted by Crippen LogP contribution is -2.54. The number of anilines is 1. The molecule has 0 aromatic heterocycles. The summed E-state index contributed by atoms with van der Waals surface area (Å²) in [6.07, 6.45) is 1.43. The van der Waals surface area contributed by atoms with Crippen LogP contribution in [-0.4, -0.2) is 17.8 Å². The van der Waals surface area contributed by atoms with Gasteiger partial charge in [0.1, 0.15) is 30.3 Å². The van der Waals surface area contributed by atoms with Gasteiger partial charge in [-0.1, -0.05) is 60.1 Å². The third-order valence-corrected chi connectivity index (χ3v) is 6.85. The van der Waals surface area contributed by atoms with Gasteiger partial charge >= 0.3 is 6.03 Å². The number of urea groups is 1. The number of hydrogen-bond acceptors (Lipinski definition) is 5. The van der Waals surface area contributed by atoms with Gasteiger partial charge in [0.2, 0.25) is 0 Å². The van der Waals surface area contributed by atoms with Gasteiger partial charge < -0.3 is 9.47 Å². The summed E-state index contributed by atoms with van der Waals surface area (Å²) in [6.45, 7) is 0.693. The first-order valence-electron chi connectivity index (χ1n) is 12.2. The topological polar surface area (TPSA) is 84.9 Å². The first-order chi connectivity index (χ1) is 19.4. The quantitative estimate of drug-likeness (QED) is 0.171. The molecule has 1 N–H and O–H groups in total. The number of carbonyl (C=O) groups excluding carboxylic acids is 3. The van der Waals surface area contributed by atoms with Crippen LogP contribution in [0.25, 0.3) is 6.08 Å². The minimum atomic E-state index is -0.823. The molecule has 40 heavy (non-hydrogen) atoms. The highest BCUT2D eigenvalue weighted by atomic mass is 79.9. The smallest absolute Gasteiger partial charge is 0.335 e. The van der Waals surface area contributed by atoms with Crippen molar-refractivity contribution < 1.29 is 23.9 Å². The van der Waals surface area contributed by atoms with Crippen LogP contribution in [0.1, 0.15) is 16.7 Å². The largest absolute Gasteiger partial charge is 0.489 e. The molecule has 7 nitrogen and oxygen atoms in total. The Morgan fingerprint density at radius 3 is 2.25 bits per heavy atom. The Kier molecular flexibility index (Phi) is 8.28. The van der Waals surface area contributed by atoms with E-state index in [9.17, 15) is 14.4 Å². The van der Waals surface area contributed by atoms with Gasteiger partial charge in [-0.2, -0.15) is 0 Å². The summed E-state index contributed by atoms with van der Waals surface area (Å²) in [4.78, 5) is 39.4. The number of ether oxygens (including phenoxy) is 2. The molecule has 5 rings (SSSR count). The second kappa shape index (κ2) is 12.2. The van der Waals surface area contributed by atoms with Crippen LogP contribution in [0.15, 0.2) is 107 Å². The van der Waals surface area contributed by atoms with Crippen molar-refractivity contribution in [2.45, 2.75) is 13.2 Å². The number of benzene rings is 4. The molecule has 200 valence electrons. The molecule has 0 unspecified atom stereocenters. The minimum Gasteiger partial charge on any atom is -0.489 e. The van der Waals surface area contributed by atoms with Crippen LogP contribution in [0.3, 0.4) is 0 Å². The zero-order chi connectivity index (χ0) is 28.1. The number of rotatable bonds is 8. The average Bonchev–Trinajstić information content (AvgIpc) is 2.95. The van der Waals surface area contributed by atoms with Crippen molar-refractivity contribution in [1.29, 1.82) is 0 Å². The van der Waals surface area contributed by atoms with Crippen LogP contribution in [0.4, 0.5) is 10.5 Å². The van der Waals surface area contributed by atoms with Crippen LogP contribution in [0.5, 0.6) is 11.5 Å². The second-order valence-electron chi connectivity index (χ2n) is 8.83. The molecule has 0 radical (unpaired) electrons. The minimum absolute atomic E-state index is 0.177. The zero-order valence-electron chi connectivity index (χ0n) is 21.0. The molecule has 0 spiro atoms. The Balaban J connectivity index is 1.29. The first kappa shape index (κ1) is 27.2. The second-order valence-corrected chi connectivity index (χ2v) is 10.1. The number of amides is 4. The highest BCUT2D eigenvalue weighted by Crippen LogP contribution is 2.29. The maximum atomic E-state index is 13.3. The summed E-state index contributed by atoms with van der Waals surface area (Å²) < 4.78 is 12.3. The van der Waals surface area contributed by atoms with E-state index < -0.39 is 17.8 Å². The number of halogens is 2. The molecular weight excluding hydrogens is 596 g/mol. The van der Waals surface area contributed by atoms with E-state index in [4.69, 9.17) is 21.1 Å². The molecular formula is C31H22BrClN2O5. The Labute approximate surface area is 244 Å². The SMILES string of the molecule is O=C1NC(=O)N(c2ccc(OCc3ccccc3)cc2)C(=O)/C1=C/c1ccc(OCc2cccc(Cl)c2)c(Br)c1. The number of hydrogen-bond donors (Lipinski definition) is 1. The normalized spacial score (nSPS) is 14.3. The van der Waals surface area contributed by atoms with Gasteiger partial charge in [0.15, 0.2) is 0 Å². The lowest BCUT2D eigenvalue weighted by Gasteiger charge is -2.26. The van der Waals surface area contributed by atoms with Gasteiger partial charge in [-0.15, -0.1) is 0 Å². The van der Waals surface area contributed by atoms with E-state index in [2.05, 4.69) is 21.2 Å². The molecule has 0 aliphatic carbocycles. The van der Waals surface area contributed by atoms with Gasteiger partial charge in [-0.3, -0.25) is 14.9 Å². The summed E-state index contributed by atoms with van der Waals surface area (Å²) in [5, 5.41) is 2.86. The maximum Gasteiger partial charge on any atom is 0.335 e. The number of barbiturate groups is 1. The lowest BCUT2D eigenvalue weighted by molar-refractivity contribution is -0.122. The fourth-order valence-corrected chi connectivity index (χ4v) is 4.73. The molecule has 1 aliphatic rings. The van der Waals surface area contributed by atoms with E-state index in [-0.39, 0.29) is 5.57 Å². The van der Waals surface area contributed by atoms with Gasteiger partial charge in [-0.05, 0) is 87.2 Å². The molecule has 1 heterocycles. The van der Waals surface area contributed by atoms with Gasteiger partial charge in [0.05, 0.1) is 10.2 Å². The van der Waals surface area contributed by atoms with E-state index in [1.54, 1.807) is 48.5 Å². The monoisotopic (exact) mass is 616 g/mol. The molecule has 0 saturated carbocycles. The number of imide groups is 2. The number of nitrogens with one attached hydrogen (secondary N) is 1. The summed E-state index contributed by atoms with van der Waals surface area (Å²) in [7, 11) is 0. The van der Waals surface area contributed by atoms with Crippen LogP contribution in [0.2, 0.25) is 5.02 Å². The molecule has 1 aliphatic heterocycles. The van der Waals surface area contributed by atoms with Crippen molar-refractivity contribution in [2.75, 3.05) is 4.90 Å². The Hall–Kier alpha value is -4.40. The standard InChI is InChI=1S/C31H22BrClN2O5/c32-27-17-21(9-14-28(27)40-19-22-7-4-8-23(33)15-22)16-26-29(36)34-31(38)35(30(26)37)24-10-12-25(13-11-24)39-18-20-5-2-1-3-6-20/h1-17H,18-19H2,(H,34,36,38)/b26-16+. The van der Waals surface area contributed by atoms with Gasteiger partial charge in [0, 0.05) is 5.02 Å². The number of nitrogens with zero attached hydrogens (tertiary/aromatic N) is 1. The molecule has 4 aromatic rings. The summed E-state index contributed by atoms with van der Waals surface area (Å²) in [5.41, 5.74) is 2.62. The predicted octanol–water partition coefficient (Wildman–Crippen LogP) is 6.93. The molecule has 4 aromatic carbocycles. The van der Waals surface area contributed by atoms with Crippen LogP contribution < -0.4 is 19.7 Å². The molecule has 1 fully saturated rings. The molecule has 4 amide bonds. The van der Waals surface area contributed by atoms with Crippen molar-refractivity contribution in [1.82, 2.24) is 5.32 Å². The van der Waals surface area contributed by atoms with Gasteiger partial charge in [-0.25, -0.2) is 9.69 Å². The van der Waals surface area contributed by atoms with E-state index in [1.807, 2.05) is 48.5 Å². The van der Waals surface area contributed by atoms with Crippen molar-refractivity contribution in [3.63, 3.8) is 0 Å². The van der Waals surface area contributed by atoms with E-state index in [1.165, 1.54) is 6.08 Å². The van der Waals surface area contributed by atoms with Crippen LogP contribution >= 0.6 is 27.5 Å². The predicted molar refractivity (Wildman–Crippen MR) is 156 cm³/mol. The van der Waals surface area contributed by atoms with E-state index in [0.29, 0.717) is 45.5 Å². The highest BCUT2D eigenvalue weighted by Gasteiger charge is 2.36. The molecule has 1 saturated heterocycles. The fourth-order valence-electron chi connectivity index (χ4n) is 4.00. The molecule has 9 heteroatoms. The van der Waals surface area contributed by atoms with Crippen LogP contribution in [-0.2, 0) is 22.8 Å². The average molecular weight is 618 g/mol. The van der Waals surface area contributed by atoms with Crippen molar-refractivity contribution in [3.8, 4) is 11.5 Å². The van der Waals surface area contributed by atoms with E-state index >= 15 is 0 Å². The molecule has 0 bridgehead atoms. The van der Waals surface area contributed by atoms with Crippen molar-refractivity contribution in [2.24, 2.45) is 0 Å². The summed E-state index contributed by atoms with van der Waals surface area (Å²) in [5.74, 6) is -0.352. The zero-order valence-corrected chi connectivity index (χ0v) is 23.3. The summed E-state index contributed by atoms with van der Waals surface area (Å²) >= 11 is 9.51. The Morgan fingerprint density at radius 2 is 1.52 bits per heavy atom. The van der Waals surface area contributed by atoms with Crippen molar-refractivity contribution >= 4 is 57.1 Å². The fraction of sp³-hybridized carbons (Fsp3) is 0.0645. The summed E-state index contributed by atoms with van der Waals surface area (Å²) in [6, 6.07) is 27.9. The van der Waals surface area contributed by atoms with Crippen molar-refractivity contribution in [3.05, 3.63) is 129 Å². The highest BCUT2D eigenvalue weighted by molar-refractivity contribution is 9.10. The molecule has 0 atom stereocenters. The first-order valence-corrected chi connectivity index (χ1v) is 13.4. The van der Waals surface area contributed by atoms with E-state index in [0.717, 1.165) is 16.0 Å². The van der Waals surface area contributed by atoms with Crippen LogP contribution in [0, 0.1) is 0 Å². The lowest BCUT2D eigenvalue weighted by atomic mass is 10.1. The third kappa shape index (κ3) is 6.42. The third-order valence-electron chi connectivity index (χ3n) is 6.00. The Bertz CT molecular complexity index is 1610. The Morgan fingerprint density at radius 1 is 0.800 bits per heavy atom. The van der Waals surface area contributed by atoms with Gasteiger partial charge in [0.25, 0.3) is 11.8 Å². The maximum absolute atomic E-state index is 13.3. The number of carbonyl (C=O) groups is 3.